The Balaban J connectivity index is 1.82. The molecule has 0 saturated carbocycles. The lowest BCUT2D eigenvalue weighted by Gasteiger charge is -2.10. The SMILES string of the molecule is CCCCOc1ccc(CNNc2ccccc2)cc1F. The quantitative estimate of drug-likeness (QED) is 0.566. The normalized spacial score (nSPS) is 10.4. The van der Waals surface area contributed by atoms with E-state index < -0.39 is 0 Å². The predicted octanol–water partition coefficient (Wildman–Crippen LogP) is 4.12. The fourth-order valence-corrected chi connectivity index (χ4v) is 1.87. The van der Waals surface area contributed by atoms with Gasteiger partial charge in [0.1, 0.15) is 0 Å². The summed E-state index contributed by atoms with van der Waals surface area (Å²) < 4.78 is 19.2. The van der Waals surface area contributed by atoms with Crippen LogP contribution in [0.1, 0.15) is 25.3 Å². The molecule has 0 atom stereocenters. The second-order valence-electron chi connectivity index (χ2n) is 4.81. The second-order valence-corrected chi connectivity index (χ2v) is 4.81. The van der Waals surface area contributed by atoms with Crippen LogP contribution in [0, 0.1) is 5.82 Å². The maximum absolute atomic E-state index is 13.9. The highest BCUT2D eigenvalue weighted by Gasteiger charge is 2.04. The van der Waals surface area contributed by atoms with Crippen LogP contribution in [0.2, 0.25) is 0 Å². The maximum atomic E-state index is 13.9. The molecule has 4 heteroatoms. The van der Waals surface area contributed by atoms with E-state index in [0.717, 1.165) is 24.1 Å². The topological polar surface area (TPSA) is 33.3 Å². The Bertz CT molecular complexity index is 546. The average Bonchev–Trinajstić information content (AvgIpc) is 2.51. The molecule has 0 amide bonds. The molecule has 112 valence electrons. The molecule has 3 nitrogen and oxygen atoms in total. The van der Waals surface area contributed by atoms with Crippen LogP contribution in [0.5, 0.6) is 5.75 Å². The van der Waals surface area contributed by atoms with Gasteiger partial charge in [-0.15, -0.1) is 0 Å². The van der Waals surface area contributed by atoms with Crippen LogP contribution in [0.4, 0.5) is 10.1 Å². The van der Waals surface area contributed by atoms with Crippen LogP contribution < -0.4 is 15.6 Å². The molecule has 2 aromatic rings. The summed E-state index contributed by atoms with van der Waals surface area (Å²) in [4.78, 5) is 0. The molecule has 0 radical (unpaired) electrons. The summed E-state index contributed by atoms with van der Waals surface area (Å²) in [5.41, 5.74) is 7.95. The molecule has 2 rings (SSSR count). The van der Waals surface area contributed by atoms with Gasteiger partial charge >= 0.3 is 0 Å². The van der Waals surface area contributed by atoms with Crippen LogP contribution in [-0.2, 0) is 6.54 Å². The van der Waals surface area contributed by atoms with Gasteiger partial charge in [0.25, 0.3) is 0 Å². The smallest absolute Gasteiger partial charge is 0.165 e. The minimum atomic E-state index is -0.315. The van der Waals surface area contributed by atoms with Crippen molar-refractivity contribution < 1.29 is 9.13 Å². The zero-order valence-corrected chi connectivity index (χ0v) is 12.2. The van der Waals surface area contributed by atoms with Crippen LogP contribution in [0.25, 0.3) is 0 Å². The zero-order valence-electron chi connectivity index (χ0n) is 12.2. The van der Waals surface area contributed by atoms with Gasteiger partial charge in [-0.3, -0.25) is 0 Å². The third-order valence-corrected chi connectivity index (χ3v) is 3.05. The Morgan fingerprint density at radius 3 is 2.62 bits per heavy atom. The van der Waals surface area contributed by atoms with Crippen LogP contribution >= 0.6 is 0 Å². The fraction of sp³-hybridized carbons (Fsp3) is 0.294. The molecule has 0 fully saturated rings. The Kier molecular flexibility index (Phi) is 6.03. The standard InChI is InChI=1S/C17H21FN2O/c1-2-3-11-21-17-10-9-14(12-16(17)18)13-19-20-15-7-5-4-6-8-15/h4-10,12,19-20H,2-3,11,13H2,1H3. The first-order chi connectivity index (χ1) is 10.3. The number of ether oxygens (including phenoxy) is 1. The van der Waals surface area contributed by atoms with Crippen LogP contribution in [0.3, 0.4) is 0 Å². The Hall–Kier alpha value is -2.07. The minimum absolute atomic E-state index is 0.315. The Morgan fingerprint density at radius 2 is 1.90 bits per heavy atom. The molecule has 0 spiro atoms. The van der Waals surface area contributed by atoms with Crippen molar-refractivity contribution in [3.63, 3.8) is 0 Å². The van der Waals surface area contributed by atoms with Crippen molar-refractivity contribution in [3.05, 3.63) is 59.9 Å². The Morgan fingerprint density at radius 1 is 1.10 bits per heavy atom. The maximum Gasteiger partial charge on any atom is 0.165 e. The zero-order chi connectivity index (χ0) is 14.9. The van der Waals surface area contributed by atoms with E-state index in [-0.39, 0.29) is 5.82 Å². The number of para-hydroxylation sites is 1. The minimum Gasteiger partial charge on any atom is -0.491 e. The van der Waals surface area contributed by atoms with Gasteiger partial charge in [0, 0.05) is 12.2 Å². The van der Waals surface area contributed by atoms with E-state index in [1.807, 2.05) is 36.4 Å². The molecular weight excluding hydrogens is 267 g/mol. The summed E-state index contributed by atoms with van der Waals surface area (Å²) in [5.74, 6) is 0.00772. The highest BCUT2D eigenvalue weighted by molar-refractivity contribution is 5.41. The third-order valence-electron chi connectivity index (χ3n) is 3.05. The van der Waals surface area contributed by atoms with Crippen molar-refractivity contribution in [2.75, 3.05) is 12.0 Å². The fourth-order valence-electron chi connectivity index (χ4n) is 1.87. The molecule has 2 N–H and O–H groups in total. The van der Waals surface area contributed by atoms with E-state index in [1.165, 1.54) is 6.07 Å². The molecule has 21 heavy (non-hydrogen) atoms. The third kappa shape index (κ3) is 5.08. The molecule has 2 aromatic carbocycles. The van der Waals surface area contributed by atoms with Crippen molar-refractivity contribution in [3.8, 4) is 5.75 Å². The molecule has 0 aromatic heterocycles. The summed E-state index contributed by atoms with van der Waals surface area (Å²) in [6, 6.07) is 14.8. The van der Waals surface area contributed by atoms with Gasteiger partial charge in [-0.1, -0.05) is 37.6 Å². The summed E-state index contributed by atoms with van der Waals surface area (Å²) >= 11 is 0. The molecular formula is C17H21FN2O. The number of hydrazine groups is 1. The van der Waals surface area contributed by atoms with Crippen molar-refractivity contribution in [2.24, 2.45) is 0 Å². The number of hydrogen-bond donors (Lipinski definition) is 2. The highest BCUT2D eigenvalue weighted by atomic mass is 19.1. The molecule has 0 heterocycles. The molecule has 0 aliphatic rings. The predicted molar refractivity (Wildman–Crippen MR) is 83.7 cm³/mol. The van der Waals surface area contributed by atoms with Crippen molar-refractivity contribution in [1.29, 1.82) is 0 Å². The number of rotatable bonds is 8. The molecule has 0 aliphatic carbocycles. The van der Waals surface area contributed by atoms with Crippen LogP contribution in [0.15, 0.2) is 48.5 Å². The lowest BCUT2D eigenvalue weighted by molar-refractivity contribution is 0.294. The second kappa shape index (κ2) is 8.27. The number of halogens is 1. The first kappa shape index (κ1) is 15.3. The first-order valence-corrected chi connectivity index (χ1v) is 7.24. The van der Waals surface area contributed by atoms with E-state index in [0.29, 0.717) is 18.9 Å². The summed E-state index contributed by atoms with van der Waals surface area (Å²) in [7, 11) is 0. The number of anilines is 1. The van der Waals surface area contributed by atoms with E-state index in [1.54, 1.807) is 6.07 Å². The number of unbranched alkanes of at least 4 members (excludes halogenated alkanes) is 1. The summed E-state index contributed by atoms with van der Waals surface area (Å²) in [5, 5.41) is 0. The van der Waals surface area contributed by atoms with Crippen molar-refractivity contribution in [2.45, 2.75) is 26.3 Å². The molecule has 0 saturated heterocycles. The molecule has 0 unspecified atom stereocenters. The van der Waals surface area contributed by atoms with Gasteiger partial charge in [-0.2, -0.15) is 0 Å². The summed E-state index contributed by atoms with van der Waals surface area (Å²) in [6.45, 7) is 3.16. The van der Waals surface area contributed by atoms with Crippen molar-refractivity contribution >= 4 is 5.69 Å². The number of nitrogens with one attached hydrogen (secondary N) is 2. The van der Waals surface area contributed by atoms with E-state index >= 15 is 0 Å². The van der Waals surface area contributed by atoms with E-state index in [9.17, 15) is 4.39 Å². The largest absolute Gasteiger partial charge is 0.491 e. The average molecular weight is 288 g/mol. The van der Waals surface area contributed by atoms with Gasteiger partial charge in [-0.05, 0) is 36.2 Å². The van der Waals surface area contributed by atoms with Gasteiger partial charge in [0.15, 0.2) is 11.6 Å². The number of benzene rings is 2. The van der Waals surface area contributed by atoms with Gasteiger partial charge < -0.3 is 10.2 Å². The lowest BCUT2D eigenvalue weighted by Crippen LogP contribution is -2.20. The monoisotopic (exact) mass is 288 g/mol. The van der Waals surface area contributed by atoms with Crippen molar-refractivity contribution in [1.82, 2.24) is 5.43 Å². The van der Waals surface area contributed by atoms with E-state index in [4.69, 9.17) is 4.74 Å². The Labute approximate surface area is 125 Å². The van der Waals surface area contributed by atoms with Gasteiger partial charge in [-0.25, -0.2) is 9.82 Å². The lowest BCUT2D eigenvalue weighted by atomic mass is 10.2. The highest BCUT2D eigenvalue weighted by Crippen LogP contribution is 2.18. The summed E-state index contributed by atoms with van der Waals surface area (Å²) in [6.07, 6.45) is 1.97. The van der Waals surface area contributed by atoms with Gasteiger partial charge in [0.2, 0.25) is 0 Å². The molecule has 0 aliphatic heterocycles. The van der Waals surface area contributed by atoms with E-state index in [2.05, 4.69) is 17.8 Å². The van der Waals surface area contributed by atoms with Crippen LogP contribution in [-0.4, -0.2) is 6.61 Å². The number of hydrogen-bond acceptors (Lipinski definition) is 3. The molecule has 0 bridgehead atoms. The van der Waals surface area contributed by atoms with Gasteiger partial charge in [0.05, 0.1) is 6.61 Å². The first-order valence-electron chi connectivity index (χ1n) is 7.24.